The van der Waals surface area contributed by atoms with Gasteiger partial charge in [-0.2, -0.15) is 4.99 Å². The van der Waals surface area contributed by atoms with E-state index in [4.69, 9.17) is 34.7 Å². The number of rotatable bonds is 4. The Balaban J connectivity index is 2.40. The van der Waals surface area contributed by atoms with Crippen molar-refractivity contribution in [3.05, 3.63) is 69.5 Å². The SMILES string of the molecule is NC(N)=NC(=O)[C@@H](Cc1ccc(F)cc1)c1ccc(Cl)cc1Cl. The second-order valence-electron chi connectivity index (χ2n) is 4.92. The highest BCUT2D eigenvalue weighted by Crippen LogP contribution is 2.31. The Morgan fingerprint density at radius 3 is 2.35 bits per heavy atom. The van der Waals surface area contributed by atoms with Crippen LogP contribution in [-0.4, -0.2) is 11.9 Å². The van der Waals surface area contributed by atoms with Gasteiger partial charge in [-0.1, -0.05) is 41.4 Å². The molecule has 0 unspecified atom stereocenters. The molecule has 2 rings (SSSR count). The number of nitrogens with two attached hydrogens (primary N) is 2. The number of amides is 1. The zero-order valence-electron chi connectivity index (χ0n) is 12.0. The van der Waals surface area contributed by atoms with Gasteiger partial charge in [-0.15, -0.1) is 0 Å². The molecule has 1 amide bonds. The number of hydrogen-bond acceptors (Lipinski definition) is 1. The minimum atomic E-state index is -0.702. The first kappa shape index (κ1) is 17.2. The molecule has 0 aromatic heterocycles. The molecule has 0 aliphatic heterocycles. The molecule has 2 aromatic carbocycles. The van der Waals surface area contributed by atoms with E-state index in [0.29, 0.717) is 15.6 Å². The highest BCUT2D eigenvalue weighted by Gasteiger charge is 2.23. The number of halogens is 3. The maximum atomic E-state index is 13.0. The average Bonchev–Trinajstić information content (AvgIpc) is 2.46. The summed E-state index contributed by atoms with van der Waals surface area (Å²) in [4.78, 5) is 15.9. The van der Waals surface area contributed by atoms with Crippen molar-refractivity contribution in [2.24, 2.45) is 16.5 Å². The van der Waals surface area contributed by atoms with Crippen LogP contribution < -0.4 is 11.5 Å². The molecule has 0 spiro atoms. The molecule has 0 saturated heterocycles. The fourth-order valence-corrected chi connectivity index (χ4v) is 2.72. The molecule has 2 aromatic rings. The smallest absolute Gasteiger partial charge is 0.256 e. The number of carbonyl (C=O) groups excluding carboxylic acids is 1. The first-order valence-corrected chi connectivity index (χ1v) is 7.45. The lowest BCUT2D eigenvalue weighted by molar-refractivity contribution is -0.119. The van der Waals surface area contributed by atoms with Gasteiger partial charge in [0.1, 0.15) is 5.82 Å². The van der Waals surface area contributed by atoms with Crippen molar-refractivity contribution in [3.8, 4) is 0 Å². The molecular weight excluding hydrogens is 340 g/mol. The molecular formula is C16H14Cl2FN3O. The number of guanidine groups is 1. The summed E-state index contributed by atoms with van der Waals surface area (Å²) in [6.45, 7) is 0. The van der Waals surface area contributed by atoms with Crippen molar-refractivity contribution >= 4 is 35.1 Å². The largest absolute Gasteiger partial charge is 0.370 e. The van der Waals surface area contributed by atoms with Gasteiger partial charge in [-0.3, -0.25) is 4.79 Å². The van der Waals surface area contributed by atoms with E-state index in [0.717, 1.165) is 5.56 Å². The number of nitrogens with zero attached hydrogens (tertiary/aromatic N) is 1. The van der Waals surface area contributed by atoms with Crippen LogP contribution in [-0.2, 0) is 11.2 Å². The van der Waals surface area contributed by atoms with Crippen molar-refractivity contribution in [1.29, 1.82) is 0 Å². The van der Waals surface area contributed by atoms with E-state index in [-0.39, 0.29) is 18.2 Å². The van der Waals surface area contributed by atoms with Crippen molar-refractivity contribution < 1.29 is 9.18 Å². The van der Waals surface area contributed by atoms with E-state index in [9.17, 15) is 9.18 Å². The topological polar surface area (TPSA) is 81.5 Å². The van der Waals surface area contributed by atoms with E-state index < -0.39 is 11.8 Å². The van der Waals surface area contributed by atoms with Crippen LogP contribution in [0.3, 0.4) is 0 Å². The van der Waals surface area contributed by atoms with Crippen molar-refractivity contribution in [3.63, 3.8) is 0 Å². The van der Waals surface area contributed by atoms with Crippen LogP contribution in [0.25, 0.3) is 0 Å². The van der Waals surface area contributed by atoms with E-state index in [1.165, 1.54) is 12.1 Å². The lowest BCUT2D eigenvalue weighted by Crippen LogP contribution is -2.26. The standard InChI is InChI=1S/C16H14Cl2FN3O/c17-10-3-6-12(14(18)8-10)13(15(23)22-16(20)21)7-9-1-4-11(19)5-2-9/h1-6,8,13H,7H2,(H4,20,21,22,23)/t13-/m0/s1. The Kier molecular flexibility index (Phi) is 5.58. The molecule has 1 atom stereocenters. The van der Waals surface area contributed by atoms with E-state index in [1.54, 1.807) is 30.3 Å². The fourth-order valence-electron chi connectivity index (χ4n) is 2.18. The molecule has 0 radical (unpaired) electrons. The second-order valence-corrected chi connectivity index (χ2v) is 5.77. The molecule has 0 bridgehead atoms. The molecule has 0 heterocycles. The molecule has 120 valence electrons. The summed E-state index contributed by atoms with van der Waals surface area (Å²) < 4.78 is 13.0. The maximum absolute atomic E-state index is 13.0. The highest BCUT2D eigenvalue weighted by molar-refractivity contribution is 6.35. The molecule has 4 nitrogen and oxygen atoms in total. The van der Waals surface area contributed by atoms with Gasteiger partial charge in [0.05, 0.1) is 5.92 Å². The summed E-state index contributed by atoms with van der Waals surface area (Å²) in [6.07, 6.45) is 0.275. The highest BCUT2D eigenvalue weighted by atomic mass is 35.5. The minimum absolute atomic E-state index is 0.275. The first-order valence-electron chi connectivity index (χ1n) is 6.69. The lowest BCUT2D eigenvalue weighted by atomic mass is 9.91. The van der Waals surface area contributed by atoms with Gasteiger partial charge in [-0.25, -0.2) is 4.39 Å². The third kappa shape index (κ3) is 4.68. The maximum Gasteiger partial charge on any atom is 0.256 e. The lowest BCUT2D eigenvalue weighted by Gasteiger charge is -2.16. The average molecular weight is 354 g/mol. The Labute approximate surface area is 142 Å². The summed E-state index contributed by atoms with van der Waals surface area (Å²) in [6, 6.07) is 10.6. The normalized spacial score (nSPS) is 11.8. The monoisotopic (exact) mass is 353 g/mol. The quantitative estimate of drug-likeness (QED) is 0.653. The van der Waals surface area contributed by atoms with Crippen LogP contribution in [0.2, 0.25) is 10.0 Å². The number of benzene rings is 2. The number of hydrogen-bond donors (Lipinski definition) is 2. The van der Waals surface area contributed by atoms with Gasteiger partial charge in [0, 0.05) is 10.0 Å². The Morgan fingerprint density at radius 2 is 1.78 bits per heavy atom. The van der Waals surface area contributed by atoms with E-state index in [2.05, 4.69) is 4.99 Å². The Morgan fingerprint density at radius 1 is 1.13 bits per heavy atom. The molecule has 4 N–H and O–H groups in total. The summed E-state index contributed by atoms with van der Waals surface area (Å²) in [5, 5.41) is 0.789. The molecule has 7 heteroatoms. The van der Waals surface area contributed by atoms with Gasteiger partial charge in [0.15, 0.2) is 5.96 Å². The third-order valence-electron chi connectivity index (χ3n) is 3.23. The fraction of sp³-hybridized carbons (Fsp3) is 0.125. The van der Waals surface area contributed by atoms with Crippen molar-refractivity contribution in [1.82, 2.24) is 0 Å². The summed E-state index contributed by atoms with van der Waals surface area (Å²) in [7, 11) is 0. The molecule has 23 heavy (non-hydrogen) atoms. The van der Waals surface area contributed by atoms with Crippen LogP contribution in [0.5, 0.6) is 0 Å². The second kappa shape index (κ2) is 7.44. The Hall–Kier alpha value is -2.11. The van der Waals surface area contributed by atoms with Crippen LogP contribution in [0.4, 0.5) is 4.39 Å². The van der Waals surface area contributed by atoms with Crippen LogP contribution in [0.15, 0.2) is 47.5 Å². The predicted octanol–water partition coefficient (Wildman–Crippen LogP) is 3.26. The van der Waals surface area contributed by atoms with Crippen LogP contribution in [0.1, 0.15) is 17.0 Å². The zero-order chi connectivity index (χ0) is 17.0. The van der Waals surface area contributed by atoms with Crippen LogP contribution >= 0.6 is 23.2 Å². The minimum Gasteiger partial charge on any atom is -0.370 e. The Bertz CT molecular complexity index is 743. The van der Waals surface area contributed by atoms with Gasteiger partial charge < -0.3 is 11.5 Å². The summed E-state index contributed by atoms with van der Waals surface area (Å²) >= 11 is 12.1. The zero-order valence-corrected chi connectivity index (χ0v) is 13.5. The van der Waals surface area contributed by atoms with Gasteiger partial charge in [0.2, 0.25) is 0 Å². The third-order valence-corrected chi connectivity index (χ3v) is 3.79. The number of carbonyl (C=O) groups is 1. The number of aliphatic imine (C=N–C) groups is 1. The van der Waals surface area contributed by atoms with Crippen LogP contribution in [0, 0.1) is 5.82 Å². The van der Waals surface area contributed by atoms with Crippen molar-refractivity contribution in [2.75, 3.05) is 0 Å². The van der Waals surface area contributed by atoms with Crippen molar-refractivity contribution in [2.45, 2.75) is 12.3 Å². The van der Waals surface area contributed by atoms with Gasteiger partial charge >= 0.3 is 0 Å². The summed E-state index contributed by atoms with van der Waals surface area (Å²) in [5.74, 6) is -1.92. The first-order chi connectivity index (χ1) is 10.9. The van der Waals surface area contributed by atoms with Gasteiger partial charge in [-0.05, 0) is 41.8 Å². The molecule has 0 aliphatic carbocycles. The van der Waals surface area contributed by atoms with Gasteiger partial charge in [0.25, 0.3) is 5.91 Å². The molecule has 0 fully saturated rings. The van der Waals surface area contributed by atoms with E-state index in [1.807, 2.05) is 0 Å². The molecule has 0 aliphatic rings. The summed E-state index contributed by atoms with van der Waals surface area (Å²) in [5.41, 5.74) is 11.9. The predicted molar refractivity (Wildman–Crippen MR) is 90.1 cm³/mol. The molecule has 0 saturated carbocycles. The van der Waals surface area contributed by atoms with E-state index >= 15 is 0 Å².